The number of nitrogens with one attached hydrogen (secondary N) is 1. The van der Waals surface area contributed by atoms with Crippen LogP contribution in [0.25, 0.3) is 0 Å². The number of sulfonamides is 1. The van der Waals surface area contributed by atoms with Crippen molar-refractivity contribution in [3.63, 3.8) is 0 Å². The van der Waals surface area contributed by atoms with E-state index in [1.54, 1.807) is 29.2 Å². The summed E-state index contributed by atoms with van der Waals surface area (Å²) in [5.74, 6) is -2.98. The maximum Gasteiger partial charge on any atom is 0.490 e. The zero-order chi connectivity index (χ0) is 24.4. The van der Waals surface area contributed by atoms with E-state index in [4.69, 9.17) is 21.5 Å². The topological polar surface area (TPSA) is 107 Å². The van der Waals surface area contributed by atoms with Gasteiger partial charge in [0.05, 0.1) is 5.75 Å². The van der Waals surface area contributed by atoms with Crippen molar-refractivity contribution in [2.24, 2.45) is 0 Å². The zero-order valence-electron chi connectivity index (χ0n) is 17.6. The van der Waals surface area contributed by atoms with Gasteiger partial charge in [-0.1, -0.05) is 31.0 Å². The average molecular weight is 502 g/mol. The Balaban J connectivity index is 0.000000633. The molecule has 0 radical (unpaired) electrons. The number of carbonyl (C=O) groups is 2. The first-order valence-electron chi connectivity index (χ1n) is 9.92. The predicted molar refractivity (Wildman–Crippen MR) is 114 cm³/mol. The van der Waals surface area contributed by atoms with Crippen molar-refractivity contribution in [2.75, 3.05) is 45.0 Å². The van der Waals surface area contributed by atoms with Crippen molar-refractivity contribution >= 4 is 33.5 Å². The molecule has 1 saturated heterocycles. The fraction of sp³-hybridized carbons (Fsp3) is 0.579. The number of alkyl halides is 3. The van der Waals surface area contributed by atoms with E-state index in [-0.39, 0.29) is 18.2 Å². The minimum Gasteiger partial charge on any atom is -0.475 e. The third-order valence-electron chi connectivity index (χ3n) is 4.47. The quantitative estimate of drug-likeness (QED) is 0.566. The normalized spacial score (nSPS) is 14.9. The van der Waals surface area contributed by atoms with Crippen LogP contribution in [0.2, 0.25) is 5.02 Å². The average Bonchev–Trinajstić information content (AvgIpc) is 2.74. The summed E-state index contributed by atoms with van der Waals surface area (Å²) < 4.78 is 58.3. The summed E-state index contributed by atoms with van der Waals surface area (Å²) in [5, 5.41) is 10.8. The van der Waals surface area contributed by atoms with Gasteiger partial charge in [0.2, 0.25) is 10.0 Å². The Morgan fingerprint density at radius 2 is 1.81 bits per heavy atom. The van der Waals surface area contributed by atoms with Crippen molar-refractivity contribution in [1.29, 1.82) is 0 Å². The van der Waals surface area contributed by atoms with Crippen LogP contribution in [-0.4, -0.2) is 85.8 Å². The number of carboxylic acid groups (broad SMARTS) is 1. The Bertz CT molecular complexity index is 862. The van der Waals surface area contributed by atoms with Crippen LogP contribution in [0, 0.1) is 0 Å². The van der Waals surface area contributed by atoms with E-state index in [9.17, 15) is 26.4 Å². The van der Waals surface area contributed by atoms with Gasteiger partial charge in [-0.2, -0.15) is 17.5 Å². The van der Waals surface area contributed by atoms with Crippen LogP contribution in [0.3, 0.4) is 0 Å². The Kier molecular flexibility index (Phi) is 11.4. The number of aliphatic carboxylic acids is 1. The largest absolute Gasteiger partial charge is 0.490 e. The van der Waals surface area contributed by atoms with Crippen LogP contribution in [0.15, 0.2) is 24.3 Å². The summed E-state index contributed by atoms with van der Waals surface area (Å²) in [6.07, 6.45) is -3.32. The highest BCUT2D eigenvalue weighted by Gasteiger charge is 2.38. The Labute approximate surface area is 190 Å². The molecule has 1 amide bonds. The minimum absolute atomic E-state index is 0.0526. The molecule has 182 valence electrons. The van der Waals surface area contributed by atoms with Gasteiger partial charge in [-0.25, -0.2) is 13.2 Å². The zero-order valence-corrected chi connectivity index (χ0v) is 19.1. The Hall–Kier alpha value is -1.89. The maximum absolute atomic E-state index is 12.7. The molecule has 32 heavy (non-hydrogen) atoms. The van der Waals surface area contributed by atoms with E-state index in [2.05, 4.69) is 5.32 Å². The number of benzene rings is 1. The molecule has 1 aliphatic heterocycles. The summed E-state index contributed by atoms with van der Waals surface area (Å²) in [6.45, 7) is 5.08. The van der Waals surface area contributed by atoms with Gasteiger partial charge < -0.3 is 15.3 Å². The molecule has 0 atom stereocenters. The summed E-state index contributed by atoms with van der Waals surface area (Å²) >= 11 is 5.97. The first kappa shape index (κ1) is 28.1. The second-order valence-electron chi connectivity index (χ2n) is 6.92. The number of halogens is 4. The number of rotatable bonds is 8. The third kappa shape index (κ3) is 9.72. The number of hydrogen-bond acceptors (Lipinski definition) is 5. The summed E-state index contributed by atoms with van der Waals surface area (Å²) in [4.78, 5) is 23.3. The first-order valence-corrected chi connectivity index (χ1v) is 11.9. The van der Waals surface area contributed by atoms with Gasteiger partial charge in [-0.3, -0.25) is 4.79 Å². The smallest absolute Gasteiger partial charge is 0.475 e. The summed E-state index contributed by atoms with van der Waals surface area (Å²) in [6, 6.07) is 6.76. The fourth-order valence-corrected chi connectivity index (χ4v) is 4.38. The van der Waals surface area contributed by atoms with Gasteiger partial charge in [0.25, 0.3) is 5.91 Å². The van der Waals surface area contributed by atoms with Gasteiger partial charge in [0.1, 0.15) is 0 Å². The lowest BCUT2D eigenvalue weighted by atomic mass is 10.2. The lowest BCUT2D eigenvalue weighted by molar-refractivity contribution is -0.192. The molecule has 0 aliphatic carbocycles. The first-order chi connectivity index (χ1) is 14.9. The molecule has 1 aliphatic rings. The molecular weight excluding hydrogens is 475 g/mol. The highest BCUT2D eigenvalue weighted by molar-refractivity contribution is 7.89. The lowest BCUT2D eigenvalue weighted by Gasteiger charge is -2.28. The molecule has 0 unspecified atom stereocenters. The van der Waals surface area contributed by atoms with Crippen LogP contribution in [0.5, 0.6) is 0 Å². The molecular formula is C19H27ClF3N3O5S. The molecule has 0 saturated carbocycles. The second kappa shape index (κ2) is 13.0. The molecule has 2 N–H and O–H groups in total. The number of piperazine rings is 1. The highest BCUT2D eigenvalue weighted by Crippen LogP contribution is 2.14. The molecule has 1 heterocycles. The molecule has 1 fully saturated rings. The van der Waals surface area contributed by atoms with Crippen LogP contribution in [0.4, 0.5) is 13.2 Å². The summed E-state index contributed by atoms with van der Waals surface area (Å²) in [5.41, 5.74) is 0.489. The van der Waals surface area contributed by atoms with E-state index >= 15 is 0 Å². The lowest BCUT2D eigenvalue weighted by Crippen LogP contribution is -2.48. The highest BCUT2D eigenvalue weighted by atomic mass is 35.5. The molecule has 8 nitrogen and oxygen atoms in total. The van der Waals surface area contributed by atoms with E-state index in [1.807, 2.05) is 6.92 Å². The minimum atomic E-state index is -5.08. The third-order valence-corrected chi connectivity index (χ3v) is 6.56. The number of carbonyl (C=O) groups excluding carboxylic acids is 1. The van der Waals surface area contributed by atoms with Crippen LogP contribution in [0.1, 0.15) is 30.1 Å². The molecule has 13 heteroatoms. The van der Waals surface area contributed by atoms with Crippen molar-refractivity contribution in [3.8, 4) is 0 Å². The number of nitrogens with zero attached hydrogens (tertiary/aromatic N) is 2. The molecule has 0 aromatic heterocycles. The summed E-state index contributed by atoms with van der Waals surface area (Å²) in [7, 11) is -3.35. The van der Waals surface area contributed by atoms with Crippen LogP contribution in [-0.2, 0) is 14.8 Å². The van der Waals surface area contributed by atoms with Gasteiger partial charge >= 0.3 is 12.1 Å². The van der Waals surface area contributed by atoms with E-state index < -0.39 is 22.2 Å². The molecule has 1 aromatic rings. The van der Waals surface area contributed by atoms with Crippen LogP contribution >= 0.6 is 11.6 Å². The van der Waals surface area contributed by atoms with Gasteiger partial charge in [-0.05, 0) is 24.6 Å². The van der Waals surface area contributed by atoms with E-state index in [0.717, 1.165) is 12.8 Å². The van der Waals surface area contributed by atoms with Gasteiger partial charge in [0.15, 0.2) is 0 Å². The Morgan fingerprint density at radius 3 is 2.31 bits per heavy atom. The van der Waals surface area contributed by atoms with Crippen LogP contribution < -0.4 is 5.32 Å². The molecule has 0 spiro atoms. The Morgan fingerprint density at radius 1 is 1.22 bits per heavy atom. The predicted octanol–water partition coefficient (Wildman–Crippen LogP) is 2.45. The van der Waals surface area contributed by atoms with Crippen molar-refractivity contribution < 1.29 is 36.3 Å². The molecule has 2 rings (SSSR count). The molecule has 1 aromatic carbocycles. The number of hydrogen-bond donors (Lipinski definition) is 2. The standard InChI is InChI=1S/C17H26ClN3O3S.C2HF3O2/c1-2-3-9-20(17(22)15-5-4-6-16(18)14-15)12-13-25(23,24)21-10-7-19-8-11-21;3-2(4,5)1(6)7/h4-6,14,19H,2-3,7-13H2,1H3;(H,6,7). The van der Waals surface area contributed by atoms with Gasteiger partial charge in [-0.15, -0.1) is 0 Å². The van der Waals surface area contributed by atoms with Crippen molar-refractivity contribution in [3.05, 3.63) is 34.9 Å². The second-order valence-corrected chi connectivity index (χ2v) is 9.45. The SMILES string of the molecule is CCCCN(CCS(=O)(=O)N1CCNCC1)C(=O)c1cccc(Cl)c1.O=C(O)C(F)(F)F. The fourth-order valence-electron chi connectivity index (χ4n) is 2.75. The van der Waals surface area contributed by atoms with Crippen molar-refractivity contribution in [1.82, 2.24) is 14.5 Å². The maximum atomic E-state index is 12.7. The van der Waals surface area contributed by atoms with Gasteiger partial charge in [0, 0.05) is 49.9 Å². The number of unbranched alkanes of at least 4 members (excludes halogenated alkanes) is 1. The van der Waals surface area contributed by atoms with Crippen molar-refractivity contribution in [2.45, 2.75) is 25.9 Å². The monoisotopic (exact) mass is 501 g/mol. The number of amides is 1. The molecule has 0 bridgehead atoms. The van der Waals surface area contributed by atoms with E-state index in [0.29, 0.717) is 43.3 Å². The van der Waals surface area contributed by atoms with E-state index in [1.165, 1.54) is 4.31 Å². The number of carboxylic acids is 1.